The van der Waals surface area contributed by atoms with Crippen molar-refractivity contribution in [2.45, 2.75) is 46.2 Å². The van der Waals surface area contributed by atoms with Gasteiger partial charge in [0.25, 0.3) is 0 Å². The SMILES string of the molecule is CCc1cc(CC(NN)c2ccc(F)c(C)c2)n(CC)n1. The van der Waals surface area contributed by atoms with Gasteiger partial charge in [0.15, 0.2) is 0 Å². The van der Waals surface area contributed by atoms with Crippen LogP contribution in [-0.2, 0) is 19.4 Å². The number of nitrogens with two attached hydrogens (primary N) is 1. The van der Waals surface area contributed by atoms with Crippen molar-refractivity contribution in [3.63, 3.8) is 0 Å². The Balaban J connectivity index is 2.26. The highest BCUT2D eigenvalue weighted by atomic mass is 19.1. The third-order valence-corrected chi connectivity index (χ3v) is 3.77. The van der Waals surface area contributed by atoms with Crippen LogP contribution in [0.4, 0.5) is 4.39 Å². The Bertz CT molecular complexity index is 606. The molecular weight excluding hydrogens is 267 g/mol. The molecule has 0 aliphatic carbocycles. The molecule has 1 aromatic carbocycles. The molecule has 0 aliphatic heterocycles. The lowest BCUT2D eigenvalue weighted by Gasteiger charge is -2.17. The molecular formula is C16H23FN4. The quantitative estimate of drug-likeness (QED) is 0.635. The number of aromatic nitrogens is 2. The van der Waals surface area contributed by atoms with Gasteiger partial charge in [-0.1, -0.05) is 19.1 Å². The van der Waals surface area contributed by atoms with Gasteiger partial charge in [-0.3, -0.25) is 16.0 Å². The van der Waals surface area contributed by atoms with Gasteiger partial charge in [0, 0.05) is 18.7 Å². The third-order valence-electron chi connectivity index (χ3n) is 3.77. The molecule has 4 nitrogen and oxygen atoms in total. The maximum atomic E-state index is 13.4. The van der Waals surface area contributed by atoms with Crippen LogP contribution < -0.4 is 11.3 Å². The minimum Gasteiger partial charge on any atom is -0.271 e. The van der Waals surface area contributed by atoms with Gasteiger partial charge in [-0.2, -0.15) is 5.10 Å². The summed E-state index contributed by atoms with van der Waals surface area (Å²) in [6.45, 7) is 6.75. The molecule has 0 radical (unpaired) electrons. The van der Waals surface area contributed by atoms with Crippen LogP contribution in [0.25, 0.3) is 0 Å². The van der Waals surface area contributed by atoms with Crippen LogP contribution in [0.5, 0.6) is 0 Å². The number of hydrogen-bond acceptors (Lipinski definition) is 3. The molecule has 1 aromatic heterocycles. The van der Waals surface area contributed by atoms with Crippen LogP contribution in [0.15, 0.2) is 24.3 Å². The molecule has 3 N–H and O–H groups in total. The van der Waals surface area contributed by atoms with E-state index in [9.17, 15) is 4.39 Å². The first-order valence-corrected chi connectivity index (χ1v) is 7.36. The first kappa shape index (κ1) is 15.7. The lowest BCUT2D eigenvalue weighted by Crippen LogP contribution is -2.30. The van der Waals surface area contributed by atoms with E-state index in [4.69, 9.17) is 5.84 Å². The Kier molecular flexibility index (Phi) is 5.09. The second-order valence-electron chi connectivity index (χ2n) is 5.23. The molecule has 0 spiro atoms. The van der Waals surface area contributed by atoms with Crippen LogP contribution in [-0.4, -0.2) is 9.78 Å². The molecule has 0 aliphatic rings. The van der Waals surface area contributed by atoms with Crippen LogP contribution in [0, 0.1) is 12.7 Å². The molecule has 21 heavy (non-hydrogen) atoms. The number of nitrogens with zero attached hydrogens (tertiary/aromatic N) is 2. The van der Waals surface area contributed by atoms with Gasteiger partial charge in [0.1, 0.15) is 5.82 Å². The van der Waals surface area contributed by atoms with E-state index < -0.39 is 0 Å². The summed E-state index contributed by atoms with van der Waals surface area (Å²) in [6, 6.07) is 7.16. The molecule has 0 saturated carbocycles. The van der Waals surface area contributed by atoms with Crippen molar-refractivity contribution in [3.05, 3.63) is 52.6 Å². The molecule has 1 heterocycles. The topological polar surface area (TPSA) is 55.9 Å². The van der Waals surface area contributed by atoms with Gasteiger partial charge < -0.3 is 0 Å². The van der Waals surface area contributed by atoms with E-state index in [-0.39, 0.29) is 11.9 Å². The zero-order chi connectivity index (χ0) is 15.4. The van der Waals surface area contributed by atoms with E-state index in [0.717, 1.165) is 36.3 Å². The van der Waals surface area contributed by atoms with Gasteiger partial charge in [-0.15, -0.1) is 0 Å². The Morgan fingerprint density at radius 2 is 2.10 bits per heavy atom. The fourth-order valence-electron chi connectivity index (χ4n) is 2.49. The summed E-state index contributed by atoms with van der Waals surface area (Å²) in [6.07, 6.45) is 1.64. The normalized spacial score (nSPS) is 12.6. The summed E-state index contributed by atoms with van der Waals surface area (Å²) in [7, 11) is 0. The predicted octanol–water partition coefficient (Wildman–Crippen LogP) is 2.66. The third kappa shape index (κ3) is 3.49. The standard InChI is InChI=1S/C16H23FN4/c1-4-13-9-14(21(5-2)20-13)10-16(19-18)12-6-7-15(17)11(3)8-12/h6-9,16,19H,4-5,10,18H2,1-3H3. The van der Waals surface area contributed by atoms with E-state index in [0.29, 0.717) is 5.56 Å². The average Bonchev–Trinajstić information content (AvgIpc) is 2.90. The second kappa shape index (κ2) is 6.83. The Morgan fingerprint density at radius 1 is 1.33 bits per heavy atom. The lowest BCUT2D eigenvalue weighted by atomic mass is 10.00. The fraction of sp³-hybridized carbons (Fsp3) is 0.438. The Labute approximate surface area is 125 Å². The maximum absolute atomic E-state index is 13.4. The number of halogens is 1. The largest absolute Gasteiger partial charge is 0.271 e. The van der Waals surface area contributed by atoms with Crippen LogP contribution >= 0.6 is 0 Å². The van der Waals surface area contributed by atoms with Gasteiger partial charge in [0.05, 0.1) is 11.7 Å². The van der Waals surface area contributed by atoms with Gasteiger partial charge >= 0.3 is 0 Å². The summed E-state index contributed by atoms with van der Waals surface area (Å²) in [5.41, 5.74) is 6.66. The summed E-state index contributed by atoms with van der Waals surface area (Å²) in [5.74, 6) is 5.51. The molecule has 2 rings (SSSR count). The van der Waals surface area contributed by atoms with Crippen molar-refractivity contribution in [1.29, 1.82) is 0 Å². The van der Waals surface area contributed by atoms with E-state index in [2.05, 4.69) is 30.4 Å². The van der Waals surface area contributed by atoms with Gasteiger partial charge in [-0.05, 0) is 43.5 Å². The first-order valence-electron chi connectivity index (χ1n) is 7.36. The van der Waals surface area contributed by atoms with Gasteiger partial charge in [0.2, 0.25) is 0 Å². The molecule has 1 atom stereocenters. The first-order chi connectivity index (χ1) is 10.1. The van der Waals surface area contributed by atoms with Crippen molar-refractivity contribution in [2.75, 3.05) is 0 Å². The van der Waals surface area contributed by atoms with E-state index in [1.54, 1.807) is 13.0 Å². The minimum atomic E-state index is -0.193. The summed E-state index contributed by atoms with van der Waals surface area (Å²) >= 11 is 0. The molecule has 0 bridgehead atoms. The smallest absolute Gasteiger partial charge is 0.126 e. The number of benzene rings is 1. The maximum Gasteiger partial charge on any atom is 0.126 e. The second-order valence-corrected chi connectivity index (χ2v) is 5.23. The molecule has 0 fully saturated rings. The average molecular weight is 290 g/mol. The number of hydrazine groups is 1. The van der Waals surface area contributed by atoms with E-state index in [1.165, 1.54) is 6.07 Å². The molecule has 0 saturated heterocycles. The van der Waals surface area contributed by atoms with Crippen LogP contribution in [0.2, 0.25) is 0 Å². The number of rotatable bonds is 6. The van der Waals surface area contributed by atoms with E-state index >= 15 is 0 Å². The number of nitrogens with one attached hydrogen (secondary N) is 1. The molecule has 5 heteroatoms. The predicted molar refractivity (Wildman–Crippen MR) is 82.2 cm³/mol. The van der Waals surface area contributed by atoms with Crippen molar-refractivity contribution in [2.24, 2.45) is 5.84 Å². The van der Waals surface area contributed by atoms with Crippen molar-refractivity contribution < 1.29 is 4.39 Å². The van der Waals surface area contributed by atoms with E-state index in [1.807, 2.05) is 10.7 Å². The zero-order valence-corrected chi connectivity index (χ0v) is 12.9. The number of aryl methyl sites for hydroxylation is 3. The number of hydrogen-bond donors (Lipinski definition) is 2. The molecule has 114 valence electrons. The van der Waals surface area contributed by atoms with Crippen molar-refractivity contribution in [3.8, 4) is 0 Å². The van der Waals surface area contributed by atoms with Crippen LogP contribution in [0.3, 0.4) is 0 Å². The Hall–Kier alpha value is -1.72. The van der Waals surface area contributed by atoms with Crippen molar-refractivity contribution >= 4 is 0 Å². The lowest BCUT2D eigenvalue weighted by molar-refractivity contribution is 0.515. The Morgan fingerprint density at radius 3 is 2.67 bits per heavy atom. The van der Waals surface area contributed by atoms with Crippen molar-refractivity contribution in [1.82, 2.24) is 15.2 Å². The summed E-state index contributed by atoms with van der Waals surface area (Å²) < 4.78 is 15.4. The minimum absolute atomic E-state index is 0.0593. The highest BCUT2D eigenvalue weighted by molar-refractivity contribution is 5.28. The monoisotopic (exact) mass is 290 g/mol. The highest BCUT2D eigenvalue weighted by Crippen LogP contribution is 2.21. The molecule has 2 aromatic rings. The highest BCUT2D eigenvalue weighted by Gasteiger charge is 2.15. The van der Waals surface area contributed by atoms with Gasteiger partial charge in [-0.25, -0.2) is 4.39 Å². The summed E-state index contributed by atoms with van der Waals surface area (Å²) in [5, 5.41) is 4.55. The zero-order valence-electron chi connectivity index (χ0n) is 12.9. The molecule has 0 amide bonds. The summed E-state index contributed by atoms with van der Waals surface area (Å²) in [4.78, 5) is 0. The molecule has 1 unspecified atom stereocenters. The van der Waals surface area contributed by atoms with Crippen LogP contribution in [0.1, 0.15) is 42.4 Å². The fourth-order valence-corrected chi connectivity index (χ4v) is 2.49.